The number of aryl methyl sites for hydroxylation is 2. The summed E-state index contributed by atoms with van der Waals surface area (Å²) in [6, 6.07) is 18.5. The van der Waals surface area contributed by atoms with Crippen LogP contribution in [0.3, 0.4) is 0 Å². The van der Waals surface area contributed by atoms with Crippen LogP contribution in [0.2, 0.25) is 0 Å². The number of nitrogens with zero attached hydrogens (tertiary/aromatic N) is 2. The lowest BCUT2D eigenvalue weighted by Gasteiger charge is -2.27. The summed E-state index contributed by atoms with van der Waals surface area (Å²) in [5.74, 6) is -0.520. The largest absolute Gasteiger partial charge is 0.507 e. The van der Waals surface area contributed by atoms with E-state index in [2.05, 4.69) is 32.6 Å². The normalized spacial score (nSPS) is 16.7. The van der Waals surface area contributed by atoms with E-state index in [4.69, 9.17) is 4.74 Å². The molecule has 39 heavy (non-hydrogen) atoms. The molecule has 3 aromatic carbocycles. The summed E-state index contributed by atoms with van der Waals surface area (Å²) in [5.41, 5.74) is 5.72. The maximum atomic E-state index is 13.6. The molecule has 1 heterocycles. The van der Waals surface area contributed by atoms with Gasteiger partial charge in [-0.15, -0.1) is 0 Å². The third kappa shape index (κ3) is 5.16. The van der Waals surface area contributed by atoms with Crippen molar-refractivity contribution in [3.63, 3.8) is 0 Å². The van der Waals surface area contributed by atoms with Gasteiger partial charge in [-0.1, -0.05) is 38.1 Å². The molecule has 0 aliphatic carbocycles. The van der Waals surface area contributed by atoms with Crippen molar-refractivity contribution in [1.29, 1.82) is 0 Å². The van der Waals surface area contributed by atoms with Crippen molar-refractivity contribution in [1.82, 2.24) is 0 Å². The van der Waals surface area contributed by atoms with Crippen LogP contribution in [0.15, 0.2) is 66.2 Å². The van der Waals surface area contributed by atoms with E-state index in [1.807, 2.05) is 68.4 Å². The van der Waals surface area contributed by atoms with Gasteiger partial charge in [0.2, 0.25) is 0 Å². The van der Waals surface area contributed by atoms with Gasteiger partial charge in [-0.2, -0.15) is 0 Å². The molecule has 0 spiro atoms. The van der Waals surface area contributed by atoms with Crippen LogP contribution < -0.4 is 14.5 Å². The van der Waals surface area contributed by atoms with E-state index < -0.39 is 17.7 Å². The summed E-state index contributed by atoms with van der Waals surface area (Å²) < 4.78 is 5.43. The molecule has 1 unspecified atom stereocenters. The van der Waals surface area contributed by atoms with Gasteiger partial charge in [0, 0.05) is 30.0 Å². The van der Waals surface area contributed by atoms with Crippen LogP contribution in [0.5, 0.6) is 5.75 Å². The van der Waals surface area contributed by atoms with Crippen molar-refractivity contribution >= 4 is 28.8 Å². The van der Waals surface area contributed by atoms with Gasteiger partial charge < -0.3 is 14.7 Å². The number of rotatable bonds is 8. The van der Waals surface area contributed by atoms with E-state index in [-0.39, 0.29) is 11.3 Å². The Morgan fingerprint density at radius 2 is 1.56 bits per heavy atom. The molecule has 3 aromatic rings. The van der Waals surface area contributed by atoms with Gasteiger partial charge in [-0.3, -0.25) is 14.5 Å². The number of hydrogen-bond acceptors (Lipinski definition) is 5. The monoisotopic (exact) mass is 526 g/mol. The van der Waals surface area contributed by atoms with Crippen molar-refractivity contribution in [2.75, 3.05) is 30.0 Å². The van der Waals surface area contributed by atoms with Crippen LogP contribution in [-0.4, -0.2) is 37.0 Å². The first-order chi connectivity index (χ1) is 18.6. The fourth-order valence-corrected chi connectivity index (χ4v) is 5.30. The summed E-state index contributed by atoms with van der Waals surface area (Å²) in [6.07, 6.45) is 0. The zero-order valence-corrected chi connectivity index (χ0v) is 23.9. The fourth-order valence-electron chi connectivity index (χ4n) is 5.30. The number of amides is 1. The minimum Gasteiger partial charge on any atom is -0.507 e. The molecule has 1 amide bonds. The first-order valence-electron chi connectivity index (χ1n) is 13.5. The van der Waals surface area contributed by atoms with E-state index in [9.17, 15) is 14.7 Å². The Labute approximate surface area is 231 Å². The first kappa shape index (κ1) is 28.0. The van der Waals surface area contributed by atoms with Gasteiger partial charge in [0.25, 0.3) is 11.7 Å². The lowest BCUT2D eigenvalue weighted by Crippen LogP contribution is -2.29. The Kier molecular flexibility index (Phi) is 8.14. The number of benzene rings is 3. The average Bonchev–Trinajstić information content (AvgIpc) is 3.20. The topological polar surface area (TPSA) is 70.1 Å². The zero-order valence-electron chi connectivity index (χ0n) is 23.9. The molecule has 204 valence electrons. The highest BCUT2D eigenvalue weighted by molar-refractivity contribution is 6.51. The van der Waals surface area contributed by atoms with Crippen LogP contribution in [0, 0.1) is 13.8 Å². The maximum absolute atomic E-state index is 13.6. The molecular weight excluding hydrogens is 488 g/mol. The smallest absolute Gasteiger partial charge is 0.300 e. The Morgan fingerprint density at radius 3 is 2.10 bits per heavy atom. The molecule has 0 bridgehead atoms. The number of hydrogen-bond donors (Lipinski definition) is 1. The van der Waals surface area contributed by atoms with Crippen LogP contribution in [0.25, 0.3) is 5.76 Å². The molecular formula is C33H38N2O4. The van der Waals surface area contributed by atoms with Crippen LogP contribution in [0.4, 0.5) is 11.4 Å². The number of carbonyl (C=O) groups is 2. The summed E-state index contributed by atoms with van der Waals surface area (Å²) in [6.45, 7) is 13.9. The molecule has 1 fully saturated rings. The van der Waals surface area contributed by atoms with Crippen LogP contribution in [-0.2, 0) is 9.59 Å². The third-order valence-corrected chi connectivity index (χ3v) is 7.62. The standard InChI is InChI=1S/C33H38N2O4/c1-8-34(9-2)25-14-12-24(13-15-25)30-29(31(36)27-18-22(6)28(39-7)19-21(27)5)32(37)33(38)35(30)26-16-10-23(11-17-26)20(3)4/h10-20,30,36H,8-9H2,1-7H3/b31-29+. The highest BCUT2D eigenvalue weighted by Gasteiger charge is 2.47. The van der Waals surface area contributed by atoms with Gasteiger partial charge in [-0.05, 0) is 92.3 Å². The van der Waals surface area contributed by atoms with E-state index in [1.54, 1.807) is 13.2 Å². The number of carbonyl (C=O) groups excluding carboxylic acids is 2. The predicted molar refractivity (Wildman–Crippen MR) is 158 cm³/mol. The van der Waals surface area contributed by atoms with Crippen LogP contribution in [0.1, 0.15) is 67.5 Å². The molecule has 1 aliphatic rings. The fraction of sp³-hybridized carbons (Fsp3) is 0.333. The molecule has 6 heteroatoms. The Morgan fingerprint density at radius 1 is 0.949 bits per heavy atom. The second-order valence-corrected chi connectivity index (χ2v) is 10.3. The highest BCUT2D eigenvalue weighted by Crippen LogP contribution is 2.43. The Hall–Kier alpha value is -4.06. The Bertz CT molecular complexity index is 1400. The summed E-state index contributed by atoms with van der Waals surface area (Å²) >= 11 is 0. The van der Waals surface area contributed by atoms with Crippen molar-refractivity contribution in [3.05, 3.63) is 94.1 Å². The summed E-state index contributed by atoms with van der Waals surface area (Å²) in [4.78, 5) is 30.9. The molecule has 6 nitrogen and oxygen atoms in total. The number of ether oxygens (including phenoxy) is 1. The van der Waals surface area contributed by atoms with Gasteiger partial charge in [0.05, 0.1) is 18.7 Å². The summed E-state index contributed by atoms with van der Waals surface area (Å²) in [5, 5.41) is 11.6. The van der Waals surface area contributed by atoms with Crippen molar-refractivity contribution in [2.45, 2.75) is 53.5 Å². The quantitative estimate of drug-likeness (QED) is 0.196. The van der Waals surface area contributed by atoms with Gasteiger partial charge in [0.15, 0.2) is 0 Å². The second-order valence-electron chi connectivity index (χ2n) is 10.3. The molecule has 1 aliphatic heterocycles. The number of anilines is 2. The Balaban J connectivity index is 1.92. The van der Waals surface area contributed by atoms with E-state index in [0.717, 1.165) is 41.0 Å². The minimum atomic E-state index is -0.775. The zero-order chi connectivity index (χ0) is 28.4. The molecule has 1 N–H and O–H groups in total. The first-order valence-corrected chi connectivity index (χ1v) is 13.5. The highest BCUT2D eigenvalue weighted by atomic mass is 16.5. The molecule has 1 atom stereocenters. The van der Waals surface area contributed by atoms with E-state index in [0.29, 0.717) is 22.9 Å². The lowest BCUT2D eigenvalue weighted by molar-refractivity contribution is -0.132. The number of aliphatic hydroxyl groups is 1. The van der Waals surface area contributed by atoms with Crippen molar-refractivity contribution in [2.24, 2.45) is 0 Å². The maximum Gasteiger partial charge on any atom is 0.300 e. The number of aliphatic hydroxyl groups excluding tert-OH is 1. The lowest BCUT2D eigenvalue weighted by atomic mass is 9.92. The summed E-state index contributed by atoms with van der Waals surface area (Å²) in [7, 11) is 1.60. The van der Waals surface area contributed by atoms with Gasteiger partial charge in [0.1, 0.15) is 11.5 Å². The number of ketones is 1. The van der Waals surface area contributed by atoms with Gasteiger partial charge in [-0.25, -0.2) is 0 Å². The second kappa shape index (κ2) is 11.4. The molecule has 4 rings (SSSR count). The molecule has 0 aromatic heterocycles. The van der Waals surface area contributed by atoms with E-state index >= 15 is 0 Å². The van der Waals surface area contributed by atoms with Crippen molar-refractivity contribution in [3.8, 4) is 5.75 Å². The predicted octanol–water partition coefficient (Wildman–Crippen LogP) is 6.91. The average molecular weight is 527 g/mol. The molecule has 0 radical (unpaired) electrons. The number of methoxy groups -OCH3 is 1. The third-order valence-electron chi connectivity index (χ3n) is 7.62. The van der Waals surface area contributed by atoms with Crippen molar-refractivity contribution < 1.29 is 19.4 Å². The number of Topliss-reactive ketones (excluding diaryl/α,β-unsaturated/α-hetero) is 1. The van der Waals surface area contributed by atoms with Crippen LogP contribution >= 0.6 is 0 Å². The minimum absolute atomic E-state index is 0.0798. The SMILES string of the molecule is CCN(CC)c1ccc(C2/C(=C(\O)c3cc(C)c(OC)cc3C)C(=O)C(=O)N2c2ccc(C(C)C)cc2)cc1. The molecule has 0 saturated carbocycles. The van der Waals surface area contributed by atoms with Gasteiger partial charge >= 0.3 is 0 Å². The molecule has 1 saturated heterocycles. The van der Waals surface area contributed by atoms with E-state index in [1.165, 1.54) is 4.90 Å².